The third-order valence-corrected chi connectivity index (χ3v) is 4.19. The normalized spacial score (nSPS) is 21.4. The highest BCUT2D eigenvalue weighted by Crippen LogP contribution is 2.32. The van der Waals surface area contributed by atoms with Gasteiger partial charge in [-0.05, 0) is 44.2 Å². The van der Waals surface area contributed by atoms with Gasteiger partial charge >= 0.3 is 5.69 Å². The van der Waals surface area contributed by atoms with Crippen molar-refractivity contribution in [1.82, 2.24) is 10.3 Å². The number of nitrogen functional groups attached to an aromatic ring is 1. The molecule has 0 bridgehead atoms. The van der Waals surface area contributed by atoms with Gasteiger partial charge in [-0.15, -0.1) is 0 Å². The van der Waals surface area contributed by atoms with Gasteiger partial charge in [-0.3, -0.25) is 10.1 Å². The molecule has 1 unspecified atom stereocenters. The van der Waals surface area contributed by atoms with Crippen LogP contribution < -0.4 is 16.0 Å². The molecule has 0 aromatic carbocycles. The van der Waals surface area contributed by atoms with Gasteiger partial charge in [0, 0.05) is 25.2 Å². The predicted octanol–water partition coefficient (Wildman–Crippen LogP) is 1.54. The number of rotatable bonds is 6. The summed E-state index contributed by atoms with van der Waals surface area (Å²) in [6.07, 6.45) is 4.90. The van der Waals surface area contributed by atoms with Crippen LogP contribution in [0.1, 0.15) is 25.7 Å². The van der Waals surface area contributed by atoms with E-state index in [0.29, 0.717) is 6.04 Å². The van der Waals surface area contributed by atoms with E-state index >= 15 is 0 Å². The third kappa shape index (κ3) is 3.41. The van der Waals surface area contributed by atoms with E-state index in [1.807, 2.05) is 0 Å². The molecular weight excluding hydrogens is 270 g/mol. The summed E-state index contributed by atoms with van der Waals surface area (Å²) in [5.74, 6) is 1.47. The molecule has 1 saturated heterocycles. The Morgan fingerprint density at radius 3 is 2.76 bits per heavy atom. The first-order valence-electron chi connectivity index (χ1n) is 7.52. The molecule has 114 valence electrons. The van der Waals surface area contributed by atoms with Gasteiger partial charge in [0.2, 0.25) is 5.82 Å². The second-order valence-electron chi connectivity index (χ2n) is 5.97. The summed E-state index contributed by atoms with van der Waals surface area (Å²) < 4.78 is 0. The zero-order chi connectivity index (χ0) is 14.8. The molecule has 0 radical (unpaired) electrons. The van der Waals surface area contributed by atoms with E-state index < -0.39 is 4.92 Å². The maximum absolute atomic E-state index is 10.8. The second kappa shape index (κ2) is 5.85. The lowest BCUT2D eigenvalue weighted by Crippen LogP contribution is -2.39. The average Bonchev–Trinajstić information content (AvgIpc) is 3.11. The van der Waals surface area contributed by atoms with Crippen molar-refractivity contribution >= 4 is 17.3 Å². The minimum absolute atomic E-state index is 0.00215. The number of nitrogens with zero attached hydrogens (tertiary/aromatic N) is 3. The molecule has 7 heteroatoms. The van der Waals surface area contributed by atoms with Gasteiger partial charge in [0.15, 0.2) is 0 Å². The van der Waals surface area contributed by atoms with Gasteiger partial charge in [-0.2, -0.15) is 0 Å². The Hall–Kier alpha value is -1.89. The molecule has 1 aromatic rings. The van der Waals surface area contributed by atoms with Crippen LogP contribution in [0, 0.1) is 16.0 Å². The van der Waals surface area contributed by atoms with Crippen molar-refractivity contribution in [1.29, 1.82) is 0 Å². The van der Waals surface area contributed by atoms with Crippen molar-refractivity contribution in [3.8, 4) is 0 Å². The maximum Gasteiger partial charge on any atom is 0.311 e. The highest BCUT2D eigenvalue weighted by atomic mass is 16.6. The fraction of sp³-hybridized carbons (Fsp3) is 0.643. The van der Waals surface area contributed by atoms with Crippen molar-refractivity contribution in [2.45, 2.75) is 31.7 Å². The molecule has 1 aliphatic carbocycles. The largest absolute Gasteiger partial charge is 0.378 e. The smallest absolute Gasteiger partial charge is 0.311 e. The standard InChI is InChI=1S/C14H21N5O2/c15-14-12(19(20)21)5-6-13(17-14)18(8-10-3-4-10)9-11-2-1-7-16-11/h5-6,10-11,16H,1-4,7-9H2,(H2,15,17). The molecule has 0 amide bonds. The highest BCUT2D eigenvalue weighted by Gasteiger charge is 2.28. The van der Waals surface area contributed by atoms with Crippen LogP contribution in [0.15, 0.2) is 12.1 Å². The van der Waals surface area contributed by atoms with Gasteiger partial charge in [0.05, 0.1) is 4.92 Å². The molecule has 0 spiro atoms. The predicted molar refractivity (Wildman–Crippen MR) is 81.3 cm³/mol. The molecule has 1 atom stereocenters. The Labute approximate surface area is 123 Å². The van der Waals surface area contributed by atoms with E-state index in [0.717, 1.165) is 31.4 Å². The number of aromatic nitrogens is 1. The third-order valence-electron chi connectivity index (χ3n) is 4.19. The Morgan fingerprint density at radius 1 is 1.38 bits per heavy atom. The van der Waals surface area contributed by atoms with Gasteiger partial charge in [-0.1, -0.05) is 0 Å². The van der Waals surface area contributed by atoms with Crippen molar-refractivity contribution in [3.05, 3.63) is 22.2 Å². The van der Waals surface area contributed by atoms with Gasteiger partial charge in [0.1, 0.15) is 5.82 Å². The van der Waals surface area contributed by atoms with Crippen LogP contribution in [0.4, 0.5) is 17.3 Å². The fourth-order valence-corrected chi connectivity index (χ4v) is 2.84. The quantitative estimate of drug-likeness (QED) is 0.609. The number of hydrogen-bond acceptors (Lipinski definition) is 6. The maximum atomic E-state index is 10.8. The molecule has 2 heterocycles. The van der Waals surface area contributed by atoms with E-state index in [-0.39, 0.29) is 11.5 Å². The van der Waals surface area contributed by atoms with Crippen LogP contribution in [0.25, 0.3) is 0 Å². The molecule has 3 N–H and O–H groups in total. The zero-order valence-electron chi connectivity index (χ0n) is 12.0. The van der Waals surface area contributed by atoms with Crippen molar-refractivity contribution in [2.75, 3.05) is 30.3 Å². The summed E-state index contributed by atoms with van der Waals surface area (Å²) in [5, 5.41) is 14.3. The number of anilines is 2. The van der Waals surface area contributed by atoms with E-state index in [2.05, 4.69) is 15.2 Å². The van der Waals surface area contributed by atoms with Crippen LogP contribution in [-0.4, -0.2) is 35.6 Å². The van der Waals surface area contributed by atoms with E-state index in [4.69, 9.17) is 5.73 Å². The van der Waals surface area contributed by atoms with Crippen LogP contribution in [-0.2, 0) is 0 Å². The first kappa shape index (κ1) is 14.1. The molecule has 2 fully saturated rings. The molecule has 3 rings (SSSR count). The minimum Gasteiger partial charge on any atom is -0.378 e. The van der Waals surface area contributed by atoms with Crippen LogP contribution in [0.2, 0.25) is 0 Å². The molecule has 1 aromatic heterocycles. The number of hydrogen-bond donors (Lipinski definition) is 2. The first-order chi connectivity index (χ1) is 10.1. The fourth-order valence-electron chi connectivity index (χ4n) is 2.84. The summed E-state index contributed by atoms with van der Waals surface area (Å²) in [6, 6.07) is 3.65. The van der Waals surface area contributed by atoms with Crippen LogP contribution >= 0.6 is 0 Å². The number of nitrogens with one attached hydrogen (secondary N) is 1. The lowest BCUT2D eigenvalue weighted by Gasteiger charge is -2.27. The van der Waals surface area contributed by atoms with Crippen LogP contribution in [0.3, 0.4) is 0 Å². The SMILES string of the molecule is Nc1nc(N(CC2CC2)CC2CCCN2)ccc1[N+](=O)[O-]. The summed E-state index contributed by atoms with van der Waals surface area (Å²) >= 11 is 0. The number of pyridine rings is 1. The van der Waals surface area contributed by atoms with Crippen molar-refractivity contribution in [2.24, 2.45) is 5.92 Å². The Bertz CT molecular complexity index is 526. The number of nitrogens with two attached hydrogens (primary N) is 1. The average molecular weight is 291 g/mol. The molecule has 1 saturated carbocycles. The molecule has 1 aliphatic heterocycles. The van der Waals surface area contributed by atoms with Gasteiger partial charge in [0.25, 0.3) is 0 Å². The first-order valence-corrected chi connectivity index (χ1v) is 7.52. The minimum atomic E-state index is -0.490. The Kier molecular flexibility index (Phi) is 3.92. The van der Waals surface area contributed by atoms with Gasteiger partial charge < -0.3 is 16.0 Å². The second-order valence-corrected chi connectivity index (χ2v) is 5.97. The number of nitro groups is 1. The molecule has 2 aliphatic rings. The zero-order valence-corrected chi connectivity index (χ0v) is 12.0. The Morgan fingerprint density at radius 2 is 2.19 bits per heavy atom. The molecule has 7 nitrogen and oxygen atoms in total. The molecular formula is C14H21N5O2. The summed E-state index contributed by atoms with van der Waals surface area (Å²) in [5.41, 5.74) is 5.60. The van der Waals surface area contributed by atoms with Crippen molar-refractivity contribution in [3.63, 3.8) is 0 Å². The van der Waals surface area contributed by atoms with E-state index in [1.165, 1.54) is 31.7 Å². The molecule has 21 heavy (non-hydrogen) atoms. The summed E-state index contributed by atoms with van der Waals surface area (Å²) in [6.45, 7) is 2.92. The monoisotopic (exact) mass is 291 g/mol. The highest BCUT2D eigenvalue weighted by molar-refractivity contribution is 5.58. The summed E-state index contributed by atoms with van der Waals surface area (Å²) in [4.78, 5) is 16.8. The van der Waals surface area contributed by atoms with Gasteiger partial charge in [-0.25, -0.2) is 4.98 Å². The van der Waals surface area contributed by atoms with Crippen molar-refractivity contribution < 1.29 is 4.92 Å². The van der Waals surface area contributed by atoms with E-state index in [1.54, 1.807) is 6.07 Å². The summed E-state index contributed by atoms with van der Waals surface area (Å²) in [7, 11) is 0. The Balaban J connectivity index is 1.77. The van der Waals surface area contributed by atoms with Crippen LogP contribution in [0.5, 0.6) is 0 Å². The topological polar surface area (TPSA) is 97.3 Å². The lowest BCUT2D eigenvalue weighted by molar-refractivity contribution is -0.384. The van der Waals surface area contributed by atoms with E-state index in [9.17, 15) is 10.1 Å². The lowest BCUT2D eigenvalue weighted by atomic mass is 10.2.